The number of nitrogens with zero attached hydrogens (tertiary/aromatic N) is 3. The van der Waals surface area contributed by atoms with E-state index in [0.717, 1.165) is 35.2 Å². The average molecular weight is 385 g/mol. The second-order valence-electron chi connectivity index (χ2n) is 5.79. The highest BCUT2D eigenvalue weighted by Gasteiger charge is 2.29. The van der Waals surface area contributed by atoms with Crippen molar-refractivity contribution in [1.29, 1.82) is 0 Å². The number of hydrogen-bond donors (Lipinski definition) is 2. The van der Waals surface area contributed by atoms with Crippen molar-refractivity contribution in [3.05, 3.63) is 27.7 Å². The van der Waals surface area contributed by atoms with Gasteiger partial charge in [0.15, 0.2) is 4.34 Å². The summed E-state index contributed by atoms with van der Waals surface area (Å²) in [5, 5.41) is 17.3. The van der Waals surface area contributed by atoms with Gasteiger partial charge in [-0.1, -0.05) is 11.8 Å². The molecule has 0 unspecified atom stereocenters. The number of thiazole rings is 2. The Morgan fingerprint density at radius 1 is 1.54 bits per heavy atom. The van der Waals surface area contributed by atoms with E-state index in [1.54, 1.807) is 22.7 Å². The quantitative estimate of drug-likeness (QED) is 0.739. The van der Waals surface area contributed by atoms with Gasteiger partial charge in [-0.2, -0.15) is 0 Å². The number of hydrogen-bond acceptors (Lipinski definition) is 8. The zero-order valence-corrected chi connectivity index (χ0v) is 15.8. The third-order valence-electron chi connectivity index (χ3n) is 3.81. The van der Waals surface area contributed by atoms with Crippen molar-refractivity contribution in [3.63, 3.8) is 0 Å². The summed E-state index contributed by atoms with van der Waals surface area (Å²) in [7, 11) is 0. The van der Waals surface area contributed by atoms with Crippen molar-refractivity contribution in [1.82, 2.24) is 20.2 Å². The number of aliphatic hydroxyl groups is 1. The summed E-state index contributed by atoms with van der Waals surface area (Å²) in [6.07, 6.45) is 0.200. The Kier molecular flexibility index (Phi) is 6.23. The average Bonchev–Trinajstić information content (AvgIpc) is 3.20. The van der Waals surface area contributed by atoms with Crippen LogP contribution in [-0.4, -0.2) is 56.9 Å². The number of rotatable bonds is 6. The molecule has 1 aliphatic heterocycles. The van der Waals surface area contributed by atoms with E-state index in [1.807, 2.05) is 23.2 Å². The van der Waals surface area contributed by atoms with Crippen molar-refractivity contribution in [2.75, 3.05) is 18.8 Å². The Hall–Kier alpha value is -1.00. The third-order valence-corrected chi connectivity index (χ3v) is 6.58. The zero-order chi connectivity index (χ0) is 16.9. The highest BCUT2D eigenvalue weighted by Crippen LogP contribution is 2.22. The number of piperidine rings is 1. The summed E-state index contributed by atoms with van der Waals surface area (Å²) in [4.78, 5) is 22.9. The first kappa shape index (κ1) is 17.8. The topological polar surface area (TPSA) is 78.4 Å². The van der Waals surface area contributed by atoms with Gasteiger partial charge < -0.3 is 10.4 Å². The minimum atomic E-state index is -0.548. The van der Waals surface area contributed by atoms with E-state index in [2.05, 4.69) is 20.2 Å². The zero-order valence-electron chi connectivity index (χ0n) is 13.3. The van der Waals surface area contributed by atoms with Crippen LogP contribution in [0.15, 0.2) is 20.6 Å². The molecule has 3 heterocycles. The maximum absolute atomic E-state index is 12.1. The molecule has 9 heteroatoms. The molecule has 3 rings (SSSR count). The van der Waals surface area contributed by atoms with Gasteiger partial charge in [-0.25, -0.2) is 9.97 Å². The first-order valence-electron chi connectivity index (χ1n) is 7.72. The predicted molar refractivity (Wildman–Crippen MR) is 97.5 cm³/mol. The Bertz CT molecular complexity index is 661. The van der Waals surface area contributed by atoms with Gasteiger partial charge in [0.25, 0.3) is 0 Å². The Morgan fingerprint density at radius 2 is 2.42 bits per heavy atom. The van der Waals surface area contributed by atoms with Crippen LogP contribution in [0, 0.1) is 6.92 Å². The standard InChI is InChI=1S/C15H20N4O2S3/c1-10-6-23-15(17-10)24-8-14(21)18-12-2-3-19(5-13(12)20)4-11-7-22-9-16-11/h6-7,9,12-13,20H,2-5,8H2,1H3,(H,18,21)/t12-,13-/m1/s1. The lowest BCUT2D eigenvalue weighted by molar-refractivity contribution is -0.120. The Balaban J connectivity index is 1.42. The van der Waals surface area contributed by atoms with Gasteiger partial charge >= 0.3 is 0 Å². The number of amides is 1. The molecule has 0 bridgehead atoms. The lowest BCUT2D eigenvalue weighted by Gasteiger charge is -2.35. The molecule has 1 amide bonds. The number of nitrogens with one attached hydrogen (secondary N) is 1. The summed E-state index contributed by atoms with van der Waals surface area (Å²) in [6.45, 7) is 4.09. The van der Waals surface area contributed by atoms with Gasteiger partial charge in [0.1, 0.15) is 0 Å². The Morgan fingerprint density at radius 3 is 3.08 bits per heavy atom. The fourth-order valence-corrected chi connectivity index (χ4v) is 4.84. The molecule has 2 aromatic heterocycles. The van der Waals surface area contributed by atoms with Crippen LogP contribution in [0.25, 0.3) is 0 Å². The summed E-state index contributed by atoms with van der Waals surface area (Å²) >= 11 is 4.57. The molecular formula is C15H20N4O2S3. The highest BCUT2D eigenvalue weighted by molar-refractivity contribution is 8.01. The fourth-order valence-electron chi connectivity index (χ4n) is 2.63. The van der Waals surface area contributed by atoms with E-state index in [-0.39, 0.29) is 11.9 Å². The van der Waals surface area contributed by atoms with Crippen LogP contribution in [0.4, 0.5) is 0 Å². The number of aliphatic hydroxyl groups excluding tert-OH is 1. The first-order valence-corrected chi connectivity index (χ1v) is 10.5. The molecule has 6 nitrogen and oxygen atoms in total. The van der Waals surface area contributed by atoms with E-state index in [1.165, 1.54) is 11.8 Å². The maximum atomic E-state index is 12.1. The summed E-state index contributed by atoms with van der Waals surface area (Å²) in [5.41, 5.74) is 3.83. The number of carbonyl (C=O) groups is 1. The van der Waals surface area contributed by atoms with E-state index in [9.17, 15) is 9.90 Å². The van der Waals surface area contributed by atoms with E-state index >= 15 is 0 Å². The number of likely N-dealkylation sites (tertiary alicyclic amines) is 1. The molecule has 130 valence electrons. The normalized spacial score (nSPS) is 21.8. The number of aromatic nitrogens is 2. The van der Waals surface area contributed by atoms with E-state index < -0.39 is 6.10 Å². The molecule has 2 aromatic rings. The lowest BCUT2D eigenvalue weighted by atomic mass is 10.0. The van der Waals surface area contributed by atoms with E-state index in [4.69, 9.17) is 0 Å². The van der Waals surface area contributed by atoms with Gasteiger partial charge in [-0.15, -0.1) is 22.7 Å². The van der Waals surface area contributed by atoms with Gasteiger partial charge in [0.2, 0.25) is 5.91 Å². The molecule has 0 aromatic carbocycles. The molecule has 0 radical (unpaired) electrons. The molecule has 24 heavy (non-hydrogen) atoms. The second kappa shape index (κ2) is 8.39. The number of aryl methyl sites for hydroxylation is 1. The van der Waals surface area contributed by atoms with Crippen LogP contribution in [0.2, 0.25) is 0 Å². The number of thioether (sulfide) groups is 1. The van der Waals surface area contributed by atoms with Crippen LogP contribution in [0.1, 0.15) is 17.8 Å². The molecule has 0 spiro atoms. The van der Waals surface area contributed by atoms with Crippen LogP contribution < -0.4 is 5.32 Å². The van der Waals surface area contributed by atoms with Gasteiger partial charge in [-0.05, 0) is 13.3 Å². The SMILES string of the molecule is Cc1csc(SCC(=O)N[C@@H]2CCN(Cc3cscn3)C[C@H]2O)n1. The van der Waals surface area contributed by atoms with Crippen molar-refractivity contribution in [3.8, 4) is 0 Å². The fraction of sp³-hybridized carbons (Fsp3) is 0.533. The largest absolute Gasteiger partial charge is 0.390 e. The van der Waals surface area contributed by atoms with Gasteiger partial charge in [0.05, 0.1) is 29.1 Å². The lowest BCUT2D eigenvalue weighted by Crippen LogP contribution is -2.54. The monoisotopic (exact) mass is 384 g/mol. The predicted octanol–water partition coefficient (Wildman–Crippen LogP) is 1.75. The van der Waals surface area contributed by atoms with Crippen LogP contribution in [-0.2, 0) is 11.3 Å². The van der Waals surface area contributed by atoms with Crippen molar-refractivity contribution in [2.45, 2.75) is 36.4 Å². The minimum Gasteiger partial charge on any atom is -0.390 e. The third kappa shape index (κ3) is 5.00. The number of β-amino-alcohol motifs (C(OH)–C–C–N with tert-alkyl or cyclic N) is 1. The molecular weight excluding hydrogens is 364 g/mol. The van der Waals surface area contributed by atoms with Crippen LogP contribution in [0.5, 0.6) is 0 Å². The molecule has 2 atom stereocenters. The molecule has 2 N–H and O–H groups in total. The van der Waals surface area contributed by atoms with Crippen molar-refractivity contribution < 1.29 is 9.90 Å². The molecule has 1 aliphatic rings. The van der Waals surface area contributed by atoms with Crippen LogP contribution >= 0.6 is 34.4 Å². The van der Waals surface area contributed by atoms with Crippen molar-refractivity contribution in [2.24, 2.45) is 0 Å². The maximum Gasteiger partial charge on any atom is 0.230 e. The molecule has 1 fully saturated rings. The van der Waals surface area contributed by atoms with E-state index in [0.29, 0.717) is 12.3 Å². The minimum absolute atomic E-state index is 0.0511. The molecule has 1 saturated heterocycles. The summed E-state index contributed by atoms with van der Waals surface area (Å²) < 4.78 is 0.904. The van der Waals surface area contributed by atoms with Crippen LogP contribution in [0.3, 0.4) is 0 Å². The van der Waals surface area contributed by atoms with Gasteiger partial charge in [-0.3, -0.25) is 9.69 Å². The van der Waals surface area contributed by atoms with Crippen molar-refractivity contribution >= 4 is 40.3 Å². The summed E-state index contributed by atoms with van der Waals surface area (Å²) in [5.74, 6) is 0.281. The van der Waals surface area contributed by atoms with Gasteiger partial charge in [0, 0.05) is 36.1 Å². The number of carbonyl (C=O) groups excluding carboxylic acids is 1. The second-order valence-corrected chi connectivity index (χ2v) is 8.59. The Labute approximate surface area is 153 Å². The molecule has 0 aliphatic carbocycles. The first-order chi connectivity index (χ1) is 11.6. The molecule has 0 saturated carbocycles. The summed E-state index contributed by atoms with van der Waals surface area (Å²) in [6, 6.07) is -0.178. The highest BCUT2D eigenvalue weighted by atomic mass is 32.2. The smallest absolute Gasteiger partial charge is 0.230 e.